The molecule has 4 heterocycles. The van der Waals surface area contributed by atoms with Gasteiger partial charge < -0.3 is 34.6 Å². The lowest BCUT2D eigenvalue weighted by atomic mass is 9.63. The molecule has 0 aromatic heterocycles. The van der Waals surface area contributed by atoms with E-state index in [0.717, 1.165) is 0 Å². The van der Waals surface area contributed by atoms with Crippen molar-refractivity contribution in [3.63, 3.8) is 0 Å². The molecule has 1 aromatic carbocycles. The van der Waals surface area contributed by atoms with Crippen LogP contribution in [0, 0.1) is 0 Å². The minimum atomic E-state index is -2.14. The Balaban J connectivity index is 1.64. The number of esters is 1. The van der Waals surface area contributed by atoms with Gasteiger partial charge >= 0.3 is 5.97 Å². The van der Waals surface area contributed by atoms with Crippen molar-refractivity contribution < 1.29 is 49.0 Å². The number of Topliss-reactive ketones (excluding diaryl/α,β-unsaturated/α-hetero) is 2. The fraction of sp³-hybridized carbons (Fsp3) is 0.500. The van der Waals surface area contributed by atoms with Gasteiger partial charge in [0.05, 0.1) is 42.0 Å². The highest BCUT2D eigenvalue weighted by atomic mass is 16.6. The molecule has 2 aliphatic carbocycles. The summed E-state index contributed by atoms with van der Waals surface area (Å²) in [4.78, 5) is 39.0. The number of carbonyl (C=O) groups is 3. The van der Waals surface area contributed by atoms with Crippen LogP contribution in [0.1, 0.15) is 70.7 Å². The summed E-state index contributed by atoms with van der Waals surface area (Å²) in [5.74, 6) is -3.36. The highest BCUT2D eigenvalue weighted by Crippen LogP contribution is 2.57. The zero-order valence-corrected chi connectivity index (χ0v) is 17.1. The van der Waals surface area contributed by atoms with Crippen molar-refractivity contribution in [3.8, 4) is 11.5 Å². The predicted octanol–water partition coefficient (Wildman–Crippen LogP) is 0.504. The normalized spacial score (nSPS) is 39.4. The standard InChI is InChI=1S/C22H20O10/c1-5-11-15(21-8(30-5)4-10(24)32-21)19(27)13-14(17(11)25)20(28)16-12(18(13)26)7-3-9(23)22(16,29)6(2)31-7/h5-9,21,23,25,27,29H,3-4H2,1-2H3/t5?,6-,7+,8+,9?,21-,22?/m1/s1. The van der Waals surface area contributed by atoms with Crippen molar-refractivity contribution in [1.82, 2.24) is 0 Å². The fourth-order valence-corrected chi connectivity index (χ4v) is 5.95. The van der Waals surface area contributed by atoms with Crippen LogP contribution in [0.5, 0.6) is 11.5 Å². The third-order valence-corrected chi connectivity index (χ3v) is 7.41. The molecule has 0 spiro atoms. The summed E-state index contributed by atoms with van der Waals surface area (Å²) in [6, 6.07) is 0. The van der Waals surface area contributed by atoms with E-state index in [1.807, 2.05) is 0 Å². The Kier molecular flexibility index (Phi) is 3.70. The minimum Gasteiger partial charge on any atom is -0.507 e. The van der Waals surface area contributed by atoms with Gasteiger partial charge in [0, 0.05) is 28.7 Å². The summed E-state index contributed by atoms with van der Waals surface area (Å²) in [5, 5.41) is 44.0. The Bertz CT molecular complexity index is 1170. The Morgan fingerprint density at radius 1 is 0.969 bits per heavy atom. The first kappa shape index (κ1) is 19.9. The van der Waals surface area contributed by atoms with Gasteiger partial charge in [0.25, 0.3) is 0 Å². The lowest BCUT2D eigenvalue weighted by Crippen LogP contribution is -2.66. The second-order valence-electron chi connectivity index (χ2n) is 9.00. The van der Waals surface area contributed by atoms with Crippen LogP contribution in [0.25, 0.3) is 0 Å². The molecular formula is C22H20O10. The third kappa shape index (κ3) is 2.06. The Morgan fingerprint density at radius 2 is 1.62 bits per heavy atom. The molecule has 2 bridgehead atoms. The monoisotopic (exact) mass is 444 g/mol. The van der Waals surface area contributed by atoms with Crippen molar-refractivity contribution in [2.75, 3.05) is 0 Å². The SMILES string of the molecule is CC1O[C@H]2CC(=O)O[C@H]2c2c(O)c3c(c(O)c21)C(=O)C1=C(C3=O)[C@@H]2CC(O)C1(O)[C@@H](C)O2. The van der Waals surface area contributed by atoms with Gasteiger partial charge in [-0.3, -0.25) is 14.4 Å². The molecular weight excluding hydrogens is 424 g/mol. The van der Waals surface area contributed by atoms with E-state index in [2.05, 4.69) is 0 Å². The van der Waals surface area contributed by atoms with E-state index in [9.17, 15) is 34.8 Å². The summed E-state index contributed by atoms with van der Waals surface area (Å²) in [6.45, 7) is 3.07. The van der Waals surface area contributed by atoms with Gasteiger partial charge in [0.15, 0.2) is 17.7 Å². The lowest BCUT2D eigenvalue weighted by Gasteiger charge is -2.52. The van der Waals surface area contributed by atoms with Gasteiger partial charge in [-0.05, 0) is 13.8 Å². The largest absolute Gasteiger partial charge is 0.507 e. The molecule has 2 saturated heterocycles. The van der Waals surface area contributed by atoms with Crippen molar-refractivity contribution in [3.05, 3.63) is 33.4 Å². The molecule has 3 unspecified atom stereocenters. The molecule has 4 aliphatic heterocycles. The molecule has 6 aliphatic rings. The summed E-state index contributed by atoms with van der Waals surface area (Å²) in [7, 11) is 0. The molecule has 10 nitrogen and oxygen atoms in total. The van der Waals surface area contributed by atoms with E-state index in [0.29, 0.717) is 0 Å². The second-order valence-corrected chi connectivity index (χ2v) is 9.00. The summed E-state index contributed by atoms with van der Waals surface area (Å²) in [5.41, 5.74) is -3.41. The topological polar surface area (TPSA) is 160 Å². The Morgan fingerprint density at radius 3 is 2.31 bits per heavy atom. The summed E-state index contributed by atoms with van der Waals surface area (Å²) < 4.78 is 16.7. The van der Waals surface area contributed by atoms with Crippen molar-refractivity contribution in [1.29, 1.82) is 0 Å². The number of phenolic OH excluding ortho intramolecular Hbond substituents is 2. The van der Waals surface area contributed by atoms with Gasteiger partial charge in [-0.1, -0.05) is 0 Å². The van der Waals surface area contributed by atoms with Crippen LogP contribution in [0.2, 0.25) is 0 Å². The molecule has 0 amide bonds. The zero-order chi connectivity index (χ0) is 22.9. The molecule has 0 saturated carbocycles. The maximum absolute atomic E-state index is 13.6. The highest BCUT2D eigenvalue weighted by molar-refractivity contribution is 6.30. The molecule has 0 radical (unpaired) electrons. The van der Waals surface area contributed by atoms with Gasteiger partial charge in [0.2, 0.25) is 0 Å². The van der Waals surface area contributed by atoms with E-state index < -0.39 is 82.4 Å². The molecule has 7 rings (SSSR count). The average molecular weight is 444 g/mol. The summed E-state index contributed by atoms with van der Waals surface area (Å²) >= 11 is 0. The first-order valence-corrected chi connectivity index (χ1v) is 10.4. The number of benzene rings is 1. The number of fused-ring (bicyclic) bond motifs is 6. The minimum absolute atomic E-state index is 0.0371. The van der Waals surface area contributed by atoms with E-state index in [4.69, 9.17) is 14.2 Å². The first-order chi connectivity index (χ1) is 15.1. The van der Waals surface area contributed by atoms with Gasteiger partial charge in [-0.25, -0.2) is 0 Å². The molecule has 7 atom stereocenters. The highest BCUT2D eigenvalue weighted by Gasteiger charge is 2.62. The lowest BCUT2D eigenvalue weighted by molar-refractivity contribution is -0.207. The zero-order valence-electron chi connectivity index (χ0n) is 17.1. The number of aromatic hydroxyl groups is 2. The third-order valence-electron chi connectivity index (χ3n) is 7.41. The average Bonchev–Trinajstić information content (AvgIpc) is 3.09. The van der Waals surface area contributed by atoms with Crippen molar-refractivity contribution in [2.45, 2.75) is 68.9 Å². The van der Waals surface area contributed by atoms with Gasteiger partial charge in [-0.2, -0.15) is 0 Å². The molecule has 168 valence electrons. The number of aliphatic hydroxyl groups is 2. The number of ether oxygens (including phenoxy) is 3. The van der Waals surface area contributed by atoms with Crippen LogP contribution in [-0.4, -0.2) is 68.0 Å². The Hall–Kier alpha value is -2.79. The van der Waals surface area contributed by atoms with Crippen molar-refractivity contribution in [2.24, 2.45) is 0 Å². The number of carbonyl (C=O) groups excluding carboxylic acids is 3. The van der Waals surface area contributed by atoms with E-state index in [-0.39, 0.29) is 35.1 Å². The number of aliphatic hydroxyl groups excluding tert-OH is 1. The first-order valence-electron chi connectivity index (χ1n) is 10.4. The number of phenols is 2. The molecule has 32 heavy (non-hydrogen) atoms. The van der Waals surface area contributed by atoms with Gasteiger partial charge in [0.1, 0.15) is 23.2 Å². The van der Waals surface area contributed by atoms with E-state index >= 15 is 0 Å². The fourth-order valence-electron chi connectivity index (χ4n) is 5.95. The Labute approximate surface area is 181 Å². The van der Waals surface area contributed by atoms with E-state index in [1.54, 1.807) is 6.92 Å². The van der Waals surface area contributed by atoms with Crippen molar-refractivity contribution >= 4 is 17.5 Å². The predicted molar refractivity (Wildman–Crippen MR) is 102 cm³/mol. The van der Waals surface area contributed by atoms with Crippen LogP contribution in [0.4, 0.5) is 0 Å². The number of ketones is 2. The van der Waals surface area contributed by atoms with Crippen LogP contribution >= 0.6 is 0 Å². The number of hydrogen-bond acceptors (Lipinski definition) is 10. The van der Waals surface area contributed by atoms with Crippen LogP contribution in [0.15, 0.2) is 11.1 Å². The summed E-state index contributed by atoms with van der Waals surface area (Å²) in [6.07, 6.45) is -5.97. The molecule has 1 aromatic rings. The molecule has 2 fully saturated rings. The number of hydrogen-bond donors (Lipinski definition) is 4. The van der Waals surface area contributed by atoms with Gasteiger partial charge in [-0.15, -0.1) is 0 Å². The number of rotatable bonds is 0. The van der Waals surface area contributed by atoms with Crippen LogP contribution < -0.4 is 0 Å². The van der Waals surface area contributed by atoms with Crippen LogP contribution in [0.3, 0.4) is 0 Å². The smallest absolute Gasteiger partial charge is 0.309 e. The maximum atomic E-state index is 13.6. The molecule has 4 N–H and O–H groups in total. The quantitative estimate of drug-likeness (QED) is 0.328. The second kappa shape index (κ2) is 5.96. The molecule has 10 heteroatoms. The maximum Gasteiger partial charge on any atom is 0.309 e. The van der Waals surface area contributed by atoms with Crippen LogP contribution in [-0.2, 0) is 19.0 Å². The van der Waals surface area contributed by atoms with E-state index in [1.165, 1.54) is 6.92 Å².